The Bertz CT molecular complexity index is 687. The van der Waals surface area contributed by atoms with E-state index >= 15 is 0 Å². The summed E-state index contributed by atoms with van der Waals surface area (Å²) < 4.78 is 0. The molecule has 1 heterocycles. The second-order valence-electron chi connectivity index (χ2n) is 7.84. The zero-order valence-corrected chi connectivity index (χ0v) is 18.0. The number of carbonyl (C=O) groups is 2. The number of nitrogens with zero attached hydrogens (tertiary/aromatic N) is 1. The van der Waals surface area contributed by atoms with Crippen LogP contribution in [0.15, 0.2) is 18.2 Å². The maximum absolute atomic E-state index is 9.77. The molecule has 1 aromatic rings. The van der Waals surface area contributed by atoms with E-state index in [0.717, 1.165) is 35.0 Å². The molecule has 0 amide bonds. The monoisotopic (exact) mass is 462 g/mol. The van der Waals surface area contributed by atoms with Gasteiger partial charge in [0, 0.05) is 29.7 Å². The summed E-state index contributed by atoms with van der Waals surface area (Å²) in [6.07, 6.45) is -0.432. The summed E-state index contributed by atoms with van der Waals surface area (Å²) >= 11 is 12.2. The molecule has 10 heteroatoms. The number of aliphatic hydroxyl groups is 2. The molecule has 0 radical (unpaired) electrons. The van der Waals surface area contributed by atoms with Crippen LogP contribution in [0.5, 0.6) is 0 Å². The molecular weight excluding hydrogens is 435 g/mol. The van der Waals surface area contributed by atoms with E-state index in [0.29, 0.717) is 0 Å². The number of hydrogen-bond acceptors (Lipinski definition) is 6. The van der Waals surface area contributed by atoms with Gasteiger partial charge in [-0.15, -0.1) is 0 Å². The first-order valence-corrected chi connectivity index (χ1v) is 10.6. The van der Waals surface area contributed by atoms with Crippen LogP contribution in [0, 0.1) is 11.8 Å². The van der Waals surface area contributed by atoms with Crippen LogP contribution in [0.4, 0.5) is 0 Å². The van der Waals surface area contributed by atoms with Crippen molar-refractivity contribution in [1.82, 2.24) is 10.2 Å². The molecule has 168 valence electrons. The summed E-state index contributed by atoms with van der Waals surface area (Å²) in [6, 6.07) is 5.89. The van der Waals surface area contributed by atoms with Crippen molar-refractivity contribution in [2.75, 3.05) is 26.2 Å². The lowest BCUT2D eigenvalue weighted by Gasteiger charge is -2.25. The van der Waals surface area contributed by atoms with Crippen molar-refractivity contribution < 1.29 is 30.0 Å². The zero-order chi connectivity index (χ0) is 22.3. The third kappa shape index (κ3) is 8.75. The fourth-order valence-corrected chi connectivity index (χ4v) is 3.91. The molecule has 2 fully saturated rings. The van der Waals surface area contributed by atoms with Crippen molar-refractivity contribution in [2.45, 2.75) is 38.0 Å². The molecule has 2 unspecified atom stereocenters. The largest absolute Gasteiger partial charge is 0.479 e. The van der Waals surface area contributed by atoms with E-state index in [1.807, 2.05) is 12.1 Å². The summed E-state index contributed by atoms with van der Waals surface area (Å²) in [5.74, 6) is -1.83. The highest BCUT2D eigenvalue weighted by molar-refractivity contribution is 6.34. The number of halogens is 2. The van der Waals surface area contributed by atoms with Gasteiger partial charge in [0.1, 0.15) is 0 Å². The van der Waals surface area contributed by atoms with E-state index in [4.69, 9.17) is 43.6 Å². The van der Waals surface area contributed by atoms with Crippen molar-refractivity contribution in [1.29, 1.82) is 0 Å². The van der Waals surface area contributed by atoms with Gasteiger partial charge in [0.05, 0.1) is 0 Å². The minimum Gasteiger partial charge on any atom is -0.479 e. The molecule has 3 rings (SSSR count). The van der Waals surface area contributed by atoms with Gasteiger partial charge in [-0.05, 0) is 68.0 Å². The highest BCUT2D eigenvalue weighted by atomic mass is 35.5. The number of carboxylic acids is 2. The molecular formula is C20H28Cl2N2O6. The highest BCUT2D eigenvalue weighted by Gasteiger charge is 2.29. The summed E-state index contributed by atoms with van der Waals surface area (Å²) in [6.45, 7) is 5.71. The smallest absolute Gasteiger partial charge is 0.335 e. The zero-order valence-electron chi connectivity index (χ0n) is 16.5. The second kappa shape index (κ2) is 11.8. The second-order valence-corrected chi connectivity index (χ2v) is 8.71. The van der Waals surface area contributed by atoms with Gasteiger partial charge < -0.3 is 25.7 Å². The van der Waals surface area contributed by atoms with Crippen molar-refractivity contribution in [3.63, 3.8) is 0 Å². The standard InChI is InChI=1S/C16H22Cl2N2.C4H6O6/c17-15-5-14(6-16(18)7-15)11-20(9-12-1-2-12)10-13-3-4-19-8-13;5-1(3(7)8)2(6)4(9)10/h5-7,12-13,19H,1-4,8-11H2;1-2,5-6H,(H,7,8)(H,9,10)/t13-;/m0./s1. The van der Waals surface area contributed by atoms with Gasteiger partial charge in [-0.3, -0.25) is 4.90 Å². The molecule has 3 atom stereocenters. The molecule has 5 N–H and O–H groups in total. The fourth-order valence-electron chi connectivity index (χ4n) is 3.34. The fraction of sp³-hybridized carbons (Fsp3) is 0.600. The molecule has 1 saturated heterocycles. The van der Waals surface area contributed by atoms with Crippen LogP contribution in [0.25, 0.3) is 0 Å². The first-order valence-electron chi connectivity index (χ1n) is 9.85. The first kappa shape index (κ1) is 24.8. The van der Waals surface area contributed by atoms with Gasteiger partial charge in [0.25, 0.3) is 0 Å². The SMILES string of the molecule is Clc1cc(Cl)cc(CN(CC2CC2)C[C@H]2CCNC2)c1.O=C(O)C(O)C(O)C(=O)O. The van der Waals surface area contributed by atoms with Crippen molar-refractivity contribution >= 4 is 35.1 Å². The van der Waals surface area contributed by atoms with Gasteiger partial charge in [0.15, 0.2) is 12.2 Å². The summed E-state index contributed by atoms with van der Waals surface area (Å²) in [4.78, 5) is 22.1. The minimum absolute atomic E-state index is 0.737. The predicted octanol–water partition coefficient (Wildman–Crippen LogP) is 1.69. The first-order chi connectivity index (χ1) is 14.2. The minimum atomic E-state index is -2.27. The maximum Gasteiger partial charge on any atom is 0.335 e. The van der Waals surface area contributed by atoms with Crippen molar-refractivity contribution in [3.8, 4) is 0 Å². The molecule has 2 aliphatic rings. The molecule has 1 aromatic carbocycles. The Morgan fingerprint density at radius 2 is 1.50 bits per heavy atom. The Labute approximate surface area is 185 Å². The van der Waals surface area contributed by atoms with Crippen LogP contribution in [0.3, 0.4) is 0 Å². The quantitative estimate of drug-likeness (QED) is 0.374. The number of hydrogen-bond donors (Lipinski definition) is 5. The summed E-state index contributed by atoms with van der Waals surface area (Å²) in [5, 5.41) is 37.5. The number of aliphatic hydroxyl groups excluding tert-OH is 2. The lowest BCUT2D eigenvalue weighted by molar-refractivity contribution is -0.165. The Morgan fingerprint density at radius 1 is 0.967 bits per heavy atom. The van der Waals surface area contributed by atoms with Gasteiger partial charge in [-0.1, -0.05) is 23.2 Å². The van der Waals surface area contributed by atoms with Crippen LogP contribution in [-0.2, 0) is 16.1 Å². The summed E-state index contributed by atoms with van der Waals surface area (Å²) in [7, 11) is 0. The average Bonchev–Trinajstić information content (AvgIpc) is 3.32. The number of aliphatic carboxylic acids is 2. The number of carboxylic acid groups (broad SMARTS) is 2. The van der Waals surface area contributed by atoms with Crippen LogP contribution in [-0.4, -0.2) is 75.7 Å². The van der Waals surface area contributed by atoms with E-state index in [1.165, 1.54) is 44.5 Å². The van der Waals surface area contributed by atoms with Crippen LogP contribution >= 0.6 is 23.2 Å². The predicted molar refractivity (Wildman–Crippen MR) is 113 cm³/mol. The lowest BCUT2D eigenvalue weighted by Crippen LogP contribution is -2.39. The van der Waals surface area contributed by atoms with Crippen LogP contribution < -0.4 is 5.32 Å². The molecule has 1 aliphatic heterocycles. The van der Waals surface area contributed by atoms with Gasteiger partial charge >= 0.3 is 11.9 Å². The van der Waals surface area contributed by atoms with E-state index in [-0.39, 0.29) is 0 Å². The van der Waals surface area contributed by atoms with E-state index in [1.54, 1.807) is 6.07 Å². The molecule has 8 nitrogen and oxygen atoms in total. The molecule has 0 aromatic heterocycles. The van der Waals surface area contributed by atoms with Gasteiger partial charge in [0.2, 0.25) is 0 Å². The lowest BCUT2D eigenvalue weighted by atomic mass is 10.1. The van der Waals surface area contributed by atoms with Crippen molar-refractivity contribution in [2.24, 2.45) is 11.8 Å². The summed E-state index contributed by atoms with van der Waals surface area (Å²) in [5.41, 5.74) is 1.23. The van der Waals surface area contributed by atoms with Crippen LogP contribution in [0.1, 0.15) is 24.8 Å². The Kier molecular flexibility index (Phi) is 9.80. The number of benzene rings is 1. The molecule has 30 heavy (non-hydrogen) atoms. The third-order valence-corrected chi connectivity index (χ3v) is 5.46. The topological polar surface area (TPSA) is 130 Å². The van der Waals surface area contributed by atoms with E-state index in [2.05, 4.69) is 10.2 Å². The van der Waals surface area contributed by atoms with Gasteiger partial charge in [-0.25, -0.2) is 9.59 Å². The van der Waals surface area contributed by atoms with Crippen LogP contribution in [0.2, 0.25) is 10.0 Å². The molecule has 1 aliphatic carbocycles. The van der Waals surface area contributed by atoms with Gasteiger partial charge in [-0.2, -0.15) is 0 Å². The third-order valence-electron chi connectivity index (χ3n) is 5.03. The number of rotatable bonds is 9. The Hall–Kier alpha value is -1.42. The van der Waals surface area contributed by atoms with Crippen molar-refractivity contribution in [3.05, 3.63) is 33.8 Å². The molecule has 1 saturated carbocycles. The van der Waals surface area contributed by atoms with E-state index < -0.39 is 24.1 Å². The average molecular weight is 463 g/mol. The number of nitrogens with one attached hydrogen (secondary N) is 1. The molecule has 0 spiro atoms. The molecule has 0 bridgehead atoms. The Morgan fingerprint density at radius 3 is 1.93 bits per heavy atom. The van der Waals surface area contributed by atoms with E-state index in [9.17, 15) is 9.59 Å². The highest BCUT2D eigenvalue weighted by Crippen LogP contribution is 2.31. The normalized spacial score (nSPS) is 20.4. The Balaban J connectivity index is 0.000000274. The maximum atomic E-state index is 9.77.